The molecular weight excluding hydrogens is 274 g/mol. The smallest absolute Gasteiger partial charge is 0.292 e. The summed E-state index contributed by atoms with van der Waals surface area (Å²) in [6.45, 7) is 7.83. The lowest BCUT2D eigenvalue weighted by molar-refractivity contribution is -0.384. The quantitative estimate of drug-likeness (QED) is 0.678. The molecule has 0 amide bonds. The van der Waals surface area contributed by atoms with Crippen LogP contribution in [0.5, 0.6) is 0 Å². The molecule has 2 rings (SSSR count). The lowest BCUT2D eigenvalue weighted by Crippen LogP contribution is -2.08. The number of nitro groups is 1. The van der Waals surface area contributed by atoms with Crippen molar-refractivity contribution in [2.45, 2.75) is 33.7 Å². The van der Waals surface area contributed by atoms with Crippen molar-refractivity contribution in [2.75, 3.05) is 5.32 Å². The molecule has 106 valence electrons. The van der Waals surface area contributed by atoms with Gasteiger partial charge in [0.15, 0.2) is 0 Å². The van der Waals surface area contributed by atoms with Crippen LogP contribution in [0.15, 0.2) is 18.2 Å². The third kappa shape index (κ3) is 2.96. The van der Waals surface area contributed by atoms with E-state index in [0.29, 0.717) is 5.69 Å². The van der Waals surface area contributed by atoms with Gasteiger partial charge in [-0.2, -0.15) is 0 Å². The van der Waals surface area contributed by atoms with Crippen LogP contribution in [0, 0.1) is 30.9 Å². The first-order valence-electron chi connectivity index (χ1n) is 6.34. The molecule has 1 aromatic carbocycles. The van der Waals surface area contributed by atoms with Crippen LogP contribution >= 0.6 is 11.3 Å². The number of nitrogens with zero attached hydrogens (tertiary/aromatic N) is 2. The van der Waals surface area contributed by atoms with Gasteiger partial charge in [0.2, 0.25) is 0 Å². The van der Waals surface area contributed by atoms with Gasteiger partial charge >= 0.3 is 0 Å². The number of anilines is 1. The summed E-state index contributed by atoms with van der Waals surface area (Å²) < 4.78 is 0. The highest BCUT2D eigenvalue weighted by Gasteiger charge is 2.18. The molecule has 0 fully saturated rings. The highest BCUT2D eigenvalue weighted by molar-refractivity contribution is 7.11. The number of hydrogen-bond acceptors (Lipinski definition) is 5. The number of benzene rings is 1. The summed E-state index contributed by atoms with van der Waals surface area (Å²) in [6.07, 6.45) is 0. The maximum absolute atomic E-state index is 11.1. The van der Waals surface area contributed by atoms with E-state index in [9.17, 15) is 10.1 Å². The fourth-order valence-corrected chi connectivity index (χ4v) is 3.10. The van der Waals surface area contributed by atoms with E-state index in [1.54, 1.807) is 23.5 Å². The topological polar surface area (TPSA) is 68.1 Å². The molecular formula is C14H17N3O2S. The first-order valence-corrected chi connectivity index (χ1v) is 7.15. The van der Waals surface area contributed by atoms with Gasteiger partial charge in [0.25, 0.3) is 5.69 Å². The number of hydrogen-bond donors (Lipinski definition) is 1. The molecule has 0 radical (unpaired) electrons. The Bertz CT molecular complexity index is 652. The van der Waals surface area contributed by atoms with E-state index < -0.39 is 0 Å². The van der Waals surface area contributed by atoms with Crippen LogP contribution in [-0.2, 0) is 0 Å². The number of aromatic nitrogens is 1. The summed E-state index contributed by atoms with van der Waals surface area (Å²) in [5.41, 5.74) is 2.61. The molecule has 0 saturated carbocycles. The van der Waals surface area contributed by atoms with Crippen molar-refractivity contribution in [3.63, 3.8) is 0 Å². The largest absolute Gasteiger partial charge is 0.372 e. The van der Waals surface area contributed by atoms with E-state index in [0.717, 1.165) is 21.1 Å². The minimum Gasteiger partial charge on any atom is -0.372 e. The molecule has 5 nitrogen and oxygen atoms in total. The second-order valence-corrected chi connectivity index (χ2v) is 6.06. The monoisotopic (exact) mass is 291 g/mol. The maximum Gasteiger partial charge on any atom is 0.292 e. The average molecular weight is 291 g/mol. The fraction of sp³-hybridized carbons (Fsp3) is 0.357. The van der Waals surface area contributed by atoms with Gasteiger partial charge < -0.3 is 5.32 Å². The Kier molecular flexibility index (Phi) is 4.04. The van der Waals surface area contributed by atoms with E-state index in [-0.39, 0.29) is 16.7 Å². The molecule has 1 atom stereocenters. The molecule has 0 aliphatic carbocycles. The predicted octanol–water partition coefficient (Wildman–Crippen LogP) is 4.15. The number of rotatable bonds is 4. The van der Waals surface area contributed by atoms with Gasteiger partial charge in [-0.25, -0.2) is 4.98 Å². The number of aryl methyl sites for hydroxylation is 3. The van der Waals surface area contributed by atoms with Crippen LogP contribution in [0.4, 0.5) is 11.4 Å². The van der Waals surface area contributed by atoms with Crippen LogP contribution in [0.3, 0.4) is 0 Å². The van der Waals surface area contributed by atoms with Crippen molar-refractivity contribution >= 4 is 22.7 Å². The summed E-state index contributed by atoms with van der Waals surface area (Å²) >= 11 is 1.62. The third-order valence-corrected chi connectivity index (χ3v) is 4.31. The maximum atomic E-state index is 11.1. The lowest BCUT2D eigenvalue weighted by atomic mass is 10.1. The van der Waals surface area contributed by atoms with E-state index in [1.165, 1.54) is 6.07 Å². The van der Waals surface area contributed by atoms with E-state index in [4.69, 9.17) is 0 Å². The summed E-state index contributed by atoms with van der Waals surface area (Å²) in [5, 5.41) is 15.3. The normalized spacial score (nSPS) is 12.2. The van der Waals surface area contributed by atoms with Crippen LogP contribution in [0.25, 0.3) is 0 Å². The SMILES string of the molecule is Cc1ccc([N+](=O)[O-])c(NC(C)c2sc(C)nc2C)c1. The zero-order valence-corrected chi connectivity index (χ0v) is 12.7. The fourth-order valence-electron chi connectivity index (χ4n) is 2.17. The molecule has 0 saturated heterocycles. The molecule has 20 heavy (non-hydrogen) atoms. The van der Waals surface area contributed by atoms with Gasteiger partial charge in [-0.3, -0.25) is 10.1 Å². The molecule has 1 unspecified atom stereocenters. The third-order valence-electron chi connectivity index (χ3n) is 3.05. The van der Waals surface area contributed by atoms with E-state index in [1.807, 2.05) is 27.7 Å². The molecule has 6 heteroatoms. The summed E-state index contributed by atoms with van der Waals surface area (Å²) in [6, 6.07) is 5.07. The van der Waals surface area contributed by atoms with Crippen LogP contribution in [0.1, 0.15) is 34.1 Å². The predicted molar refractivity (Wildman–Crippen MR) is 81.5 cm³/mol. The lowest BCUT2D eigenvalue weighted by Gasteiger charge is -2.15. The zero-order chi connectivity index (χ0) is 14.9. The second-order valence-electron chi connectivity index (χ2n) is 4.83. The van der Waals surface area contributed by atoms with Crippen molar-refractivity contribution in [2.24, 2.45) is 0 Å². The number of nitro benzene ring substituents is 1. The van der Waals surface area contributed by atoms with Gasteiger partial charge in [-0.15, -0.1) is 11.3 Å². The van der Waals surface area contributed by atoms with Gasteiger partial charge in [0.1, 0.15) is 5.69 Å². The molecule has 0 spiro atoms. The van der Waals surface area contributed by atoms with Crippen molar-refractivity contribution in [1.82, 2.24) is 4.98 Å². The van der Waals surface area contributed by atoms with Crippen molar-refractivity contribution in [3.8, 4) is 0 Å². The highest BCUT2D eigenvalue weighted by Crippen LogP contribution is 2.32. The highest BCUT2D eigenvalue weighted by atomic mass is 32.1. The van der Waals surface area contributed by atoms with Crippen molar-refractivity contribution in [3.05, 3.63) is 49.5 Å². The van der Waals surface area contributed by atoms with Crippen molar-refractivity contribution in [1.29, 1.82) is 0 Å². The van der Waals surface area contributed by atoms with Gasteiger partial charge in [0.05, 0.1) is 21.7 Å². The molecule has 2 aromatic rings. The second kappa shape index (κ2) is 5.58. The molecule has 0 aliphatic rings. The summed E-state index contributed by atoms with van der Waals surface area (Å²) in [4.78, 5) is 16.2. The Balaban J connectivity index is 2.32. The molecule has 1 N–H and O–H groups in total. The summed E-state index contributed by atoms with van der Waals surface area (Å²) in [5.74, 6) is 0. The minimum absolute atomic E-state index is 0.0123. The Morgan fingerprint density at radius 3 is 2.60 bits per heavy atom. The van der Waals surface area contributed by atoms with Crippen LogP contribution in [0.2, 0.25) is 0 Å². The van der Waals surface area contributed by atoms with Crippen LogP contribution < -0.4 is 5.32 Å². The molecule has 1 aromatic heterocycles. The number of nitrogens with one attached hydrogen (secondary N) is 1. The number of thiazole rings is 1. The first kappa shape index (κ1) is 14.5. The van der Waals surface area contributed by atoms with Gasteiger partial charge in [-0.1, -0.05) is 6.07 Å². The van der Waals surface area contributed by atoms with Gasteiger partial charge in [-0.05, 0) is 39.3 Å². The van der Waals surface area contributed by atoms with E-state index >= 15 is 0 Å². The van der Waals surface area contributed by atoms with Crippen molar-refractivity contribution < 1.29 is 4.92 Å². The summed E-state index contributed by atoms with van der Waals surface area (Å²) in [7, 11) is 0. The standard InChI is InChI=1S/C14H17N3O2S/c1-8-5-6-13(17(18)19)12(7-8)16-10(3)14-9(2)15-11(4)20-14/h5-7,10,16H,1-4H3. The minimum atomic E-state index is -0.362. The Morgan fingerprint density at radius 2 is 2.05 bits per heavy atom. The molecule has 0 aliphatic heterocycles. The Labute approximate surface area is 121 Å². The van der Waals surface area contributed by atoms with Crippen LogP contribution in [-0.4, -0.2) is 9.91 Å². The first-order chi connectivity index (χ1) is 9.38. The van der Waals surface area contributed by atoms with Gasteiger partial charge in [0, 0.05) is 10.9 Å². The Morgan fingerprint density at radius 1 is 1.35 bits per heavy atom. The van der Waals surface area contributed by atoms with E-state index in [2.05, 4.69) is 10.3 Å². The Hall–Kier alpha value is -1.95. The average Bonchev–Trinajstić information content (AvgIpc) is 2.68. The zero-order valence-electron chi connectivity index (χ0n) is 11.9. The molecule has 1 heterocycles. The molecule has 0 bridgehead atoms.